The van der Waals surface area contributed by atoms with Gasteiger partial charge in [0.05, 0.1) is 29.0 Å². The van der Waals surface area contributed by atoms with Gasteiger partial charge in [-0.2, -0.15) is 0 Å². The third-order valence-corrected chi connectivity index (χ3v) is 5.72. The summed E-state index contributed by atoms with van der Waals surface area (Å²) in [6.45, 7) is 2.12. The summed E-state index contributed by atoms with van der Waals surface area (Å²) in [5.74, 6) is 4.98. The number of hydrogen-bond acceptors (Lipinski definition) is 6. The molecule has 1 aromatic carbocycles. The van der Waals surface area contributed by atoms with Crippen LogP contribution in [0.15, 0.2) is 23.0 Å². The highest BCUT2D eigenvalue weighted by molar-refractivity contribution is 5.91. The minimum Gasteiger partial charge on any atom is -0.458 e. The molecule has 0 saturated heterocycles. The van der Waals surface area contributed by atoms with E-state index in [0.717, 1.165) is 5.56 Å². The number of pyridine rings is 2. The number of carbonyl (C=O) groups is 1. The number of aliphatic hydroxyl groups is 1. The zero-order valence-corrected chi connectivity index (χ0v) is 16.7. The Kier molecular flexibility index (Phi) is 4.39. The third-order valence-electron chi connectivity index (χ3n) is 5.72. The van der Waals surface area contributed by atoms with Crippen molar-refractivity contribution in [1.82, 2.24) is 9.55 Å². The maximum Gasteiger partial charge on any atom is 0.340 e. The van der Waals surface area contributed by atoms with E-state index in [1.54, 1.807) is 19.1 Å². The van der Waals surface area contributed by atoms with Crippen molar-refractivity contribution < 1.29 is 19.0 Å². The number of aryl methyl sites for hydroxylation is 1. The van der Waals surface area contributed by atoms with E-state index >= 15 is 0 Å². The monoisotopic (exact) mass is 419 g/mol. The number of carbonyl (C=O) groups excluding carboxylic acids is 1. The first-order valence-electron chi connectivity index (χ1n) is 9.84. The predicted molar refractivity (Wildman–Crippen MR) is 111 cm³/mol. The number of nitrogens with zero attached hydrogens (tertiary/aromatic N) is 2. The van der Waals surface area contributed by atoms with Gasteiger partial charge in [0.1, 0.15) is 12.4 Å². The fraction of sp³-hybridized carbons (Fsp3) is 0.261. The molecule has 2 aliphatic rings. The van der Waals surface area contributed by atoms with Crippen LogP contribution < -0.4 is 11.3 Å². The molecule has 3 aromatic rings. The predicted octanol–water partition coefficient (Wildman–Crippen LogP) is 1.66. The number of fused-ring (bicyclic) bond motifs is 5. The van der Waals surface area contributed by atoms with Gasteiger partial charge in [0.2, 0.25) is 0 Å². The summed E-state index contributed by atoms with van der Waals surface area (Å²) in [4.78, 5) is 29.5. The minimum absolute atomic E-state index is 0.191. The Labute approximate surface area is 176 Å². The molecule has 3 N–H and O–H groups in total. The summed E-state index contributed by atoms with van der Waals surface area (Å²) in [6.07, 6.45) is -1.04. The van der Waals surface area contributed by atoms with Crippen LogP contribution >= 0.6 is 0 Å². The number of esters is 1. The summed E-state index contributed by atoms with van der Waals surface area (Å²) in [5.41, 5.74) is 8.91. The molecule has 0 unspecified atom stereocenters. The lowest BCUT2D eigenvalue weighted by Gasteiger charge is -2.21. The molecule has 0 fully saturated rings. The molecule has 0 aliphatic carbocycles. The smallest absolute Gasteiger partial charge is 0.340 e. The van der Waals surface area contributed by atoms with E-state index in [4.69, 9.17) is 10.5 Å². The molecule has 156 valence electrons. The molecule has 31 heavy (non-hydrogen) atoms. The van der Waals surface area contributed by atoms with Crippen LogP contribution in [-0.4, -0.2) is 27.2 Å². The molecule has 0 saturated carbocycles. The summed E-state index contributed by atoms with van der Waals surface area (Å²) in [6, 6.07) is 4.65. The molecule has 0 amide bonds. The number of halogens is 1. The van der Waals surface area contributed by atoms with E-state index in [0.29, 0.717) is 46.4 Å². The highest BCUT2D eigenvalue weighted by Crippen LogP contribution is 2.38. The molecule has 0 spiro atoms. The Balaban J connectivity index is 1.82. The molecule has 5 rings (SSSR count). The number of nitrogens with two attached hydrogens (primary N) is 1. The van der Waals surface area contributed by atoms with Crippen molar-refractivity contribution in [3.8, 4) is 23.2 Å². The van der Waals surface area contributed by atoms with E-state index < -0.39 is 12.1 Å². The summed E-state index contributed by atoms with van der Waals surface area (Å²) in [7, 11) is 0. The maximum absolute atomic E-state index is 14.3. The fourth-order valence-corrected chi connectivity index (χ4v) is 4.12. The highest BCUT2D eigenvalue weighted by atomic mass is 19.1. The first kappa shape index (κ1) is 19.4. The average Bonchev–Trinajstić information content (AvgIpc) is 3.11. The summed E-state index contributed by atoms with van der Waals surface area (Å²) in [5, 5.41) is 10.9. The number of cyclic esters (lactones) is 1. The fourth-order valence-electron chi connectivity index (χ4n) is 4.12. The van der Waals surface area contributed by atoms with Crippen molar-refractivity contribution in [2.75, 3.05) is 6.54 Å². The van der Waals surface area contributed by atoms with Crippen LogP contribution in [0, 0.1) is 24.6 Å². The topological polar surface area (TPSA) is 107 Å². The van der Waals surface area contributed by atoms with Crippen molar-refractivity contribution in [3.63, 3.8) is 0 Å². The Morgan fingerprint density at radius 3 is 2.90 bits per heavy atom. The normalized spacial score (nSPS) is 16.3. The van der Waals surface area contributed by atoms with Crippen LogP contribution in [0.5, 0.6) is 0 Å². The minimum atomic E-state index is -1.53. The van der Waals surface area contributed by atoms with Gasteiger partial charge in [-0.1, -0.05) is 11.8 Å². The van der Waals surface area contributed by atoms with E-state index in [1.807, 2.05) is 0 Å². The standard InChI is InChI=1S/C23H18FN3O4/c1-11-6-13-12(4-2-3-5-25)15-9-27-19(20(15)26-18(13)8-17(11)24)7-14-16(22(27)29)10-31-23(30)21(14)28/h6-8,21,28H,3,5,9-10,25H2,1H3/t21-/m0/s1. The van der Waals surface area contributed by atoms with Gasteiger partial charge in [-0.05, 0) is 24.6 Å². The molecular formula is C23H18FN3O4. The SMILES string of the molecule is Cc1cc2c(C#CCCN)c3c(nc2cc1F)-c1cc2c(c(=O)n1C3)COC(=O)[C@H]2O. The van der Waals surface area contributed by atoms with Crippen LogP contribution in [0.3, 0.4) is 0 Å². The largest absolute Gasteiger partial charge is 0.458 e. The number of hydrogen-bond donors (Lipinski definition) is 2. The van der Waals surface area contributed by atoms with Crippen molar-refractivity contribution in [3.05, 3.63) is 62.2 Å². The van der Waals surface area contributed by atoms with Gasteiger partial charge in [0, 0.05) is 41.1 Å². The van der Waals surface area contributed by atoms with E-state index in [-0.39, 0.29) is 35.7 Å². The Morgan fingerprint density at radius 1 is 1.32 bits per heavy atom. The van der Waals surface area contributed by atoms with Gasteiger partial charge >= 0.3 is 5.97 Å². The van der Waals surface area contributed by atoms with Crippen molar-refractivity contribution in [2.24, 2.45) is 5.73 Å². The molecule has 0 bridgehead atoms. The lowest BCUT2D eigenvalue weighted by molar-refractivity contribution is -0.157. The van der Waals surface area contributed by atoms with Crippen LogP contribution in [0.2, 0.25) is 0 Å². The van der Waals surface area contributed by atoms with Crippen molar-refractivity contribution in [1.29, 1.82) is 0 Å². The van der Waals surface area contributed by atoms with E-state index in [9.17, 15) is 19.1 Å². The number of ether oxygens (including phenoxy) is 1. The van der Waals surface area contributed by atoms with Gasteiger partial charge in [0.25, 0.3) is 5.56 Å². The van der Waals surface area contributed by atoms with Gasteiger partial charge in [-0.25, -0.2) is 14.2 Å². The number of rotatable bonds is 1. The number of benzene rings is 1. The van der Waals surface area contributed by atoms with Crippen molar-refractivity contribution in [2.45, 2.75) is 32.6 Å². The highest BCUT2D eigenvalue weighted by Gasteiger charge is 2.34. The number of aromatic nitrogens is 2. The molecular weight excluding hydrogens is 401 g/mol. The first-order chi connectivity index (χ1) is 14.9. The first-order valence-corrected chi connectivity index (χ1v) is 9.84. The lowest BCUT2D eigenvalue weighted by atomic mass is 9.98. The Hall–Kier alpha value is -3.54. The second-order valence-electron chi connectivity index (χ2n) is 7.64. The third kappa shape index (κ3) is 2.86. The van der Waals surface area contributed by atoms with Gasteiger partial charge in [-0.15, -0.1) is 0 Å². The van der Waals surface area contributed by atoms with Gasteiger partial charge < -0.3 is 20.1 Å². The second kappa shape index (κ2) is 7.01. The van der Waals surface area contributed by atoms with Crippen LogP contribution in [0.1, 0.15) is 40.3 Å². The zero-order valence-electron chi connectivity index (χ0n) is 16.7. The maximum atomic E-state index is 14.3. The molecule has 2 aromatic heterocycles. The molecule has 8 heteroatoms. The van der Waals surface area contributed by atoms with Crippen LogP contribution in [0.25, 0.3) is 22.3 Å². The molecule has 0 radical (unpaired) electrons. The Morgan fingerprint density at radius 2 is 2.13 bits per heavy atom. The molecule has 1 atom stereocenters. The summed E-state index contributed by atoms with van der Waals surface area (Å²) < 4.78 is 20.7. The van der Waals surface area contributed by atoms with E-state index in [1.165, 1.54) is 10.6 Å². The van der Waals surface area contributed by atoms with Crippen molar-refractivity contribution >= 4 is 16.9 Å². The number of aliphatic hydroxyl groups excluding tert-OH is 1. The van der Waals surface area contributed by atoms with Crippen LogP contribution in [-0.2, 0) is 22.7 Å². The van der Waals surface area contributed by atoms with Crippen LogP contribution in [0.4, 0.5) is 4.39 Å². The average molecular weight is 419 g/mol. The van der Waals surface area contributed by atoms with Gasteiger partial charge in [-0.3, -0.25) is 4.79 Å². The lowest BCUT2D eigenvalue weighted by Crippen LogP contribution is -2.32. The molecule has 2 aliphatic heterocycles. The Bertz CT molecular complexity index is 1410. The summed E-state index contributed by atoms with van der Waals surface area (Å²) >= 11 is 0. The quantitative estimate of drug-likeness (QED) is 0.359. The van der Waals surface area contributed by atoms with E-state index in [2.05, 4.69) is 16.8 Å². The van der Waals surface area contributed by atoms with Gasteiger partial charge in [0.15, 0.2) is 6.10 Å². The second-order valence-corrected chi connectivity index (χ2v) is 7.64. The molecule has 7 nitrogen and oxygen atoms in total. The molecule has 4 heterocycles. The zero-order chi connectivity index (χ0) is 21.9.